The summed E-state index contributed by atoms with van der Waals surface area (Å²) in [6.07, 6.45) is 27.3. The summed E-state index contributed by atoms with van der Waals surface area (Å²) >= 11 is 0. The fraction of sp³-hybridized carbons (Fsp3) is 0.676. The molecule has 12 heteroatoms. The molecule has 0 bridgehead atoms. The van der Waals surface area contributed by atoms with Crippen LogP contribution >= 0.6 is 7.60 Å². The number of nitrogens with zero attached hydrogens (tertiary/aromatic N) is 6. The van der Waals surface area contributed by atoms with Crippen LogP contribution in [0, 0.1) is 0 Å². The predicted molar refractivity (Wildman–Crippen MR) is 200 cm³/mol. The summed E-state index contributed by atoms with van der Waals surface area (Å²) in [4.78, 5) is 35.6. The Bertz CT molecular complexity index is 1440. The number of pyridine rings is 1. The molecule has 3 rings (SSSR count). The van der Waals surface area contributed by atoms with Gasteiger partial charge in [-0.15, -0.1) is 0 Å². The second-order valence-electron chi connectivity index (χ2n) is 13.7. The molecule has 0 saturated heterocycles. The lowest BCUT2D eigenvalue weighted by molar-refractivity contribution is -0.598. The molecule has 1 unspecified atom stereocenters. The molecule has 4 N–H and O–H groups in total. The summed E-state index contributed by atoms with van der Waals surface area (Å²) in [5.41, 5.74) is 8.58. The van der Waals surface area contributed by atoms with Crippen LogP contribution in [-0.4, -0.2) is 62.3 Å². The van der Waals surface area contributed by atoms with E-state index in [-0.39, 0.29) is 12.4 Å². The summed E-state index contributed by atoms with van der Waals surface area (Å²) in [7, 11) is -0.287. The average molecular weight is 701 g/mol. The fourth-order valence-electron chi connectivity index (χ4n) is 6.11. The number of unbranched alkanes of at least 4 members (excludes halogenated alkanes) is 13. The van der Waals surface area contributed by atoms with E-state index in [0.29, 0.717) is 49.6 Å². The molecule has 1 atom stereocenters. The molecule has 0 saturated carbocycles. The Morgan fingerprint density at radius 1 is 0.939 bits per heavy atom. The maximum absolute atomic E-state index is 12.3. The Hall–Kier alpha value is -2.85. The first-order chi connectivity index (χ1) is 23.6. The number of aromatic nitrogens is 5. The summed E-state index contributed by atoms with van der Waals surface area (Å²) in [5.74, 6) is 0.726. The number of nitrogens with two attached hydrogens (primary N) is 1. The molecular formula is C37H63N7O4P+. The van der Waals surface area contributed by atoms with Crippen LogP contribution in [0.15, 0.2) is 42.5 Å². The first-order valence-corrected chi connectivity index (χ1v) is 20.2. The van der Waals surface area contributed by atoms with E-state index in [1.807, 2.05) is 65.7 Å². The van der Waals surface area contributed by atoms with Gasteiger partial charge in [0, 0.05) is 56.7 Å². The van der Waals surface area contributed by atoms with Crippen LogP contribution in [0.4, 0.5) is 11.6 Å². The van der Waals surface area contributed by atoms with Gasteiger partial charge in [-0.05, 0) is 32.6 Å². The molecule has 0 amide bonds. The number of fused-ring (bicyclic) bond motifs is 1. The highest BCUT2D eigenvalue weighted by atomic mass is 31.2. The quantitative estimate of drug-likeness (QED) is 0.0329. The van der Waals surface area contributed by atoms with Crippen molar-refractivity contribution in [2.45, 2.75) is 135 Å². The van der Waals surface area contributed by atoms with Crippen molar-refractivity contribution < 1.29 is 23.7 Å². The molecule has 49 heavy (non-hydrogen) atoms. The normalized spacial score (nSPS) is 13.0. The molecular weight excluding hydrogens is 637 g/mol. The predicted octanol–water partition coefficient (Wildman–Crippen LogP) is 7.91. The largest absolute Gasteiger partial charge is 0.381 e. The van der Waals surface area contributed by atoms with Gasteiger partial charge in [-0.3, -0.25) is 4.57 Å². The topological polar surface area (TPSA) is 144 Å². The lowest BCUT2D eigenvalue weighted by atomic mass is 10.0. The van der Waals surface area contributed by atoms with Gasteiger partial charge in [0.2, 0.25) is 5.52 Å². The van der Waals surface area contributed by atoms with E-state index in [4.69, 9.17) is 10.5 Å². The molecule has 3 aromatic heterocycles. The molecule has 3 aromatic rings. The van der Waals surface area contributed by atoms with E-state index in [2.05, 4.69) is 21.9 Å². The molecule has 274 valence electrons. The number of rotatable bonds is 26. The second-order valence-corrected chi connectivity index (χ2v) is 15.6. The van der Waals surface area contributed by atoms with E-state index in [9.17, 15) is 14.4 Å². The highest BCUT2D eigenvalue weighted by Gasteiger charge is 2.27. The van der Waals surface area contributed by atoms with Crippen LogP contribution in [-0.2, 0) is 15.8 Å². The Balaban J connectivity index is 1.35. The van der Waals surface area contributed by atoms with Crippen LogP contribution < -0.4 is 15.2 Å². The zero-order chi connectivity index (χ0) is 35.5. The van der Waals surface area contributed by atoms with Crippen LogP contribution in [0.5, 0.6) is 0 Å². The third-order valence-electron chi connectivity index (χ3n) is 9.14. The summed E-state index contributed by atoms with van der Waals surface area (Å²) < 4.78 is 21.8. The van der Waals surface area contributed by atoms with Crippen molar-refractivity contribution in [3.8, 4) is 5.82 Å². The van der Waals surface area contributed by atoms with Crippen molar-refractivity contribution in [2.75, 3.05) is 37.9 Å². The second kappa shape index (κ2) is 22.1. The summed E-state index contributed by atoms with van der Waals surface area (Å²) in [5, 5.41) is 0. The average Bonchev–Trinajstić information content (AvgIpc) is 3.46. The third kappa shape index (κ3) is 14.9. The van der Waals surface area contributed by atoms with E-state index >= 15 is 0 Å². The molecule has 0 aromatic carbocycles. The molecule has 0 aliphatic carbocycles. The Morgan fingerprint density at radius 3 is 2.08 bits per heavy atom. The van der Waals surface area contributed by atoms with Gasteiger partial charge in [0.25, 0.3) is 0 Å². The van der Waals surface area contributed by atoms with Gasteiger partial charge in [-0.2, -0.15) is 4.98 Å². The number of imidazole rings is 1. The van der Waals surface area contributed by atoms with Gasteiger partial charge in [-0.25, -0.2) is 9.55 Å². The molecule has 3 heterocycles. The molecule has 0 aliphatic heterocycles. The lowest BCUT2D eigenvalue weighted by Crippen LogP contribution is -2.32. The smallest absolute Gasteiger partial charge is 0.361 e. The lowest BCUT2D eigenvalue weighted by Gasteiger charge is -2.17. The van der Waals surface area contributed by atoms with Crippen LogP contribution in [0.1, 0.15) is 123 Å². The van der Waals surface area contributed by atoms with Crippen LogP contribution in [0.25, 0.3) is 17.0 Å². The van der Waals surface area contributed by atoms with Crippen LogP contribution in [0.2, 0.25) is 0 Å². The zero-order valence-corrected chi connectivity index (χ0v) is 31.5. The SMILES string of the molecule is CCCCCCCCCCCCCCCCOCCCC(C/C=C(/C)Cn1cnc2c(-[n+]3ccc(N(C)C)cc3)nc(N)nc21)P(=O)(O)O. The zero-order valence-electron chi connectivity index (χ0n) is 30.6. The number of nitrogen functional groups attached to an aromatic ring is 1. The molecule has 11 nitrogen and oxygen atoms in total. The minimum Gasteiger partial charge on any atom is -0.381 e. The molecule has 0 spiro atoms. The van der Waals surface area contributed by atoms with Gasteiger partial charge in [0.05, 0.1) is 24.4 Å². The van der Waals surface area contributed by atoms with E-state index < -0.39 is 13.3 Å². The first kappa shape index (κ1) is 40.6. The number of anilines is 2. The third-order valence-corrected chi connectivity index (χ3v) is 10.6. The highest BCUT2D eigenvalue weighted by molar-refractivity contribution is 7.52. The Labute approximate surface area is 294 Å². The fourth-order valence-corrected chi connectivity index (χ4v) is 7.01. The first-order valence-electron chi connectivity index (χ1n) is 18.6. The molecule has 0 fully saturated rings. The Morgan fingerprint density at radius 2 is 1.51 bits per heavy atom. The number of hydrogen-bond donors (Lipinski definition) is 3. The number of ether oxygens (including phenoxy) is 1. The minimum absolute atomic E-state index is 0.142. The van der Waals surface area contributed by atoms with Gasteiger partial charge in [0.15, 0.2) is 5.65 Å². The van der Waals surface area contributed by atoms with Crippen molar-refractivity contribution in [2.24, 2.45) is 0 Å². The van der Waals surface area contributed by atoms with E-state index in [0.717, 1.165) is 17.7 Å². The summed E-state index contributed by atoms with van der Waals surface area (Å²) in [6, 6.07) is 3.97. The Kier molecular flexibility index (Phi) is 18.3. The number of hydrogen-bond acceptors (Lipinski definition) is 7. The minimum atomic E-state index is -4.25. The molecule has 0 radical (unpaired) electrons. The van der Waals surface area contributed by atoms with Crippen molar-refractivity contribution in [1.82, 2.24) is 19.5 Å². The van der Waals surface area contributed by atoms with Gasteiger partial charge in [0.1, 0.15) is 0 Å². The maximum Gasteiger partial charge on any atom is 0.361 e. The molecule has 0 aliphatic rings. The van der Waals surface area contributed by atoms with Crippen molar-refractivity contribution in [3.63, 3.8) is 0 Å². The van der Waals surface area contributed by atoms with Crippen molar-refractivity contribution in [1.29, 1.82) is 0 Å². The standard InChI is InChI=1S/C37H62N7O4P/c1-5-6-7-8-9-10-11-12-13-14-15-16-17-18-27-48-28-19-20-33(49(45,46)47)22-21-31(2)29-44-30-39-34-35(40-37(38)41-36(34)44)43-25-23-32(24-26-43)42(3)4/h21,23-26,30,33H,5-20,22,27-29H2,1-4H3,(H3-,38,40,41,45,46,47)/p+1/b31-21-. The van der Waals surface area contributed by atoms with Gasteiger partial charge < -0.3 is 29.7 Å². The van der Waals surface area contributed by atoms with Crippen LogP contribution in [0.3, 0.4) is 0 Å². The maximum atomic E-state index is 12.3. The number of allylic oxidation sites excluding steroid dienone is 2. The van der Waals surface area contributed by atoms with Crippen molar-refractivity contribution >= 4 is 30.4 Å². The van der Waals surface area contributed by atoms with E-state index in [1.54, 1.807) is 6.33 Å². The summed E-state index contributed by atoms with van der Waals surface area (Å²) in [6.45, 7) is 5.92. The highest BCUT2D eigenvalue weighted by Crippen LogP contribution is 2.45. The van der Waals surface area contributed by atoms with Gasteiger partial charge >= 0.3 is 19.4 Å². The van der Waals surface area contributed by atoms with Gasteiger partial charge in [-0.1, -0.05) is 102 Å². The van der Waals surface area contributed by atoms with E-state index in [1.165, 1.54) is 83.5 Å². The monoisotopic (exact) mass is 700 g/mol. The van der Waals surface area contributed by atoms with Crippen molar-refractivity contribution in [3.05, 3.63) is 42.5 Å².